The second-order valence-corrected chi connectivity index (χ2v) is 5.00. The van der Waals surface area contributed by atoms with E-state index >= 15 is 0 Å². The second kappa shape index (κ2) is 6.93. The number of hydrogen-bond acceptors (Lipinski definition) is 1. The van der Waals surface area contributed by atoms with Gasteiger partial charge in [-0.05, 0) is 38.2 Å². The molecule has 92 valence electrons. The number of nitrogens with two attached hydrogens (primary N) is 1. The highest BCUT2D eigenvalue weighted by molar-refractivity contribution is 5.85. The molecule has 16 heavy (non-hydrogen) atoms. The number of halogens is 1. The number of hydrogen-bond donors (Lipinski definition) is 1. The zero-order valence-corrected chi connectivity index (χ0v) is 11.6. The van der Waals surface area contributed by atoms with Crippen LogP contribution in [0.4, 0.5) is 0 Å². The van der Waals surface area contributed by atoms with E-state index in [9.17, 15) is 0 Å². The maximum atomic E-state index is 6.18. The van der Waals surface area contributed by atoms with E-state index in [2.05, 4.69) is 45.9 Å². The van der Waals surface area contributed by atoms with Crippen LogP contribution in [0.2, 0.25) is 0 Å². The maximum absolute atomic E-state index is 6.18. The maximum Gasteiger partial charge on any atom is 0.0295 e. The molecule has 0 aliphatic heterocycles. The minimum absolute atomic E-state index is 0. The first-order valence-corrected chi connectivity index (χ1v) is 5.83. The van der Waals surface area contributed by atoms with Gasteiger partial charge in [0.05, 0.1) is 0 Å². The van der Waals surface area contributed by atoms with Gasteiger partial charge in [-0.1, -0.05) is 43.2 Å². The van der Waals surface area contributed by atoms with Crippen LogP contribution in [-0.4, -0.2) is 0 Å². The molecule has 1 nitrogen and oxygen atoms in total. The van der Waals surface area contributed by atoms with Crippen LogP contribution >= 0.6 is 12.4 Å². The summed E-state index contributed by atoms with van der Waals surface area (Å²) in [6, 6.07) is 6.81. The highest BCUT2D eigenvalue weighted by Crippen LogP contribution is 2.20. The Morgan fingerprint density at radius 1 is 1.00 bits per heavy atom. The molecule has 0 amide bonds. The molecule has 0 spiro atoms. The predicted molar refractivity (Wildman–Crippen MR) is 74.2 cm³/mol. The Hall–Kier alpha value is -0.530. The van der Waals surface area contributed by atoms with Crippen LogP contribution in [-0.2, 0) is 0 Å². The lowest BCUT2D eigenvalue weighted by Gasteiger charge is -2.14. The van der Waals surface area contributed by atoms with Gasteiger partial charge in [-0.25, -0.2) is 0 Å². The standard InChI is InChI=1S/C14H23N.ClH/c1-10(2)5-6-14(15)13-8-11(3)7-12(4)9-13;/h7-10,14H,5-6,15H2,1-4H3;1H/t14-;/m1./s1. The van der Waals surface area contributed by atoms with Gasteiger partial charge in [0.25, 0.3) is 0 Å². The molecule has 0 bridgehead atoms. The number of rotatable bonds is 4. The molecule has 0 heterocycles. The minimum atomic E-state index is 0. The Labute approximate surface area is 106 Å². The lowest BCUT2D eigenvalue weighted by molar-refractivity contribution is 0.507. The third-order valence-corrected chi connectivity index (χ3v) is 2.73. The van der Waals surface area contributed by atoms with Crippen LogP contribution in [0.1, 0.15) is 49.4 Å². The van der Waals surface area contributed by atoms with Crippen LogP contribution in [0.3, 0.4) is 0 Å². The first kappa shape index (κ1) is 15.5. The van der Waals surface area contributed by atoms with E-state index in [1.807, 2.05) is 0 Å². The molecule has 1 atom stereocenters. The molecule has 0 aliphatic rings. The fourth-order valence-corrected chi connectivity index (χ4v) is 1.90. The van der Waals surface area contributed by atoms with Crippen LogP contribution in [0.5, 0.6) is 0 Å². The molecule has 0 unspecified atom stereocenters. The van der Waals surface area contributed by atoms with Crippen molar-refractivity contribution in [1.82, 2.24) is 0 Å². The third kappa shape index (κ3) is 5.00. The lowest BCUT2D eigenvalue weighted by atomic mass is 9.96. The smallest absolute Gasteiger partial charge is 0.0295 e. The van der Waals surface area contributed by atoms with Crippen molar-refractivity contribution < 1.29 is 0 Å². The van der Waals surface area contributed by atoms with Crippen molar-refractivity contribution >= 4 is 12.4 Å². The van der Waals surface area contributed by atoms with Gasteiger partial charge in [0.1, 0.15) is 0 Å². The van der Waals surface area contributed by atoms with Gasteiger partial charge in [0.2, 0.25) is 0 Å². The SMILES string of the molecule is Cc1cc(C)cc([C@H](N)CCC(C)C)c1.Cl. The molecule has 2 heteroatoms. The topological polar surface area (TPSA) is 26.0 Å². The second-order valence-electron chi connectivity index (χ2n) is 5.00. The summed E-state index contributed by atoms with van der Waals surface area (Å²) in [7, 11) is 0. The van der Waals surface area contributed by atoms with E-state index in [1.54, 1.807) is 0 Å². The van der Waals surface area contributed by atoms with Crippen molar-refractivity contribution in [3.8, 4) is 0 Å². The molecule has 1 aromatic carbocycles. The zero-order chi connectivity index (χ0) is 11.4. The van der Waals surface area contributed by atoms with E-state index in [1.165, 1.54) is 23.1 Å². The van der Waals surface area contributed by atoms with E-state index in [4.69, 9.17) is 5.73 Å². The predicted octanol–water partition coefficient (Wildman–Crippen LogP) is 4.16. The fourth-order valence-electron chi connectivity index (χ4n) is 1.90. The molecule has 1 aromatic rings. The molecule has 0 saturated carbocycles. The fraction of sp³-hybridized carbons (Fsp3) is 0.571. The first-order chi connectivity index (χ1) is 6.99. The summed E-state index contributed by atoms with van der Waals surface area (Å²) < 4.78 is 0. The molecule has 0 radical (unpaired) electrons. The number of benzene rings is 1. The molecule has 1 rings (SSSR count). The summed E-state index contributed by atoms with van der Waals surface area (Å²) in [4.78, 5) is 0. The molecular formula is C14H24ClN. The van der Waals surface area contributed by atoms with Gasteiger partial charge in [0.15, 0.2) is 0 Å². The molecule has 0 aromatic heterocycles. The largest absolute Gasteiger partial charge is 0.324 e. The molecule has 2 N–H and O–H groups in total. The van der Waals surface area contributed by atoms with Gasteiger partial charge in [-0.2, -0.15) is 0 Å². The van der Waals surface area contributed by atoms with Crippen LogP contribution in [0.15, 0.2) is 18.2 Å². The Morgan fingerprint density at radius 3 is 1.94 bits per heavy atom. The van der Waals surface area contributed by atoms with Crippen molar-refractivity contribution in [2.24, 2.45) is 11.7 Å². The zero-order valence-electron chi connectivity index (χ0n) is 10.8. The highest BCUT2D eigenvalue weighted by atomic mass is 35.5. The van der Waals surface area contributed by atoms with Crippen molar-refractivity contribution in [3.63, 3.8) is 0 Å². The van der Waals surface area contributed by atoms with Crippen molar-refractivity contribution in [1.29, 1.82) is 0 Å². The molecular weight excluding hydrogens is 218 g/mol. The quantitative estimate of drug-likeness (QED) is 0.842. The van der Waals surface area contributed by atoms with E-state index < -0.39 is 0 Å². The summed E-state index contributed by atoms with van der Waals surface area (Å²) in [5, 5.41) is 0. The van der Waals surface area contributed by atoms with Crippen LogP contribution < -0.4 is 5.73 Å². The van der Waals surface area contributed by atoms with Gasteiger partial charge in [0, 0.05) is 6.04 Å². The molecule has 0 fully saturated rings. The third-order valence-electron chi connectivity index (χ3n) is 2.73. The van der Waals surface area contributed by atoms with E-state index in [-0.39, 0.29) is 18.4 Å². The van der Waals surface area contributed by atoms with Gasteiger partial charge >= 0.3 is 0 Å². The van der Waals surface area contributed by atoms with Crippen LogP contribution in [0.25, 0.3) is 0 Å². The van der Waals surface area contributed by atoms with Crippen molar-refractivity contribution in [2.75, 3.05) is 0 Å². The first-order valence-electron chi connectivity index (χ1n) is 5.83. The summed E-state index contributed by atoms with van der Waals surface area (Å²) in [5.74, 6) is 0.738. The lowest BCUT2D eigenvalue weighted by Crippen LogP contribution is -2.11. The average molecular weight is 242 g/mol. The molecule has 0 saturated heterocycles. The van der Waals surface area contributed by atoms with E-state index in [0.29, 0.717) is 0 Å². The number of aryl methyl sites for hydroxylation is 2. The van der Waals surface area contributed by atoms with Crippen molar-refractivity contribution in [3.05, 3.63) is 34.9 Å². The Morgan fingerprint density at radius 2 is 1.50 bits per heavy atom. The summed E-state index contributed by atoms with van der Waals surface area (Å²) in [5.41, 5.74) is 10.1. The summed E-state index contributed by atoms with van der Waals surface area (Å²) in [6.45, 7) is 8.75. The Kier molecular flexibility index (Phi) is 6.70. The summed E-state index contributed by atoms with van der Waals surface area (Å²) >= 11 is 0. The van der Waals surface area contributed by atoms with Gasteiger partial charge in [-0.15, -0.1) is 12.4 Å². The Bertz CT molecular complexity index is 300. The van der Waals surface area contributed by atoms with Crippen LogP contribution in [0, 0.1) is 19.8 Å². The average Bonchev–Trinajstić information content (AvgIpc) is 2.12. The Balaban J connectivity index is 0.00000225. The molecule has 0 aliphatic carbocycles. The highest BCUT2D eigenvalue weighted by Gasteiger charge is 2.07. The van der Waals surface area contributed by atoms with Gasteiger partial charge < -0.3 is 5.73 Å². The van der Waals surface area contributed by atoms with Crippen molar-refractivity contribution in [2.45, 2.75) is 46.6 Å². The monoisotopic (exact) mass is 241 g/mol. The van der Waals surface area contributed by atoms with Gasteiger partial charge in [-0.3, -0.25) is 0 Å². The summed E-state index contributed by atoms with van der Waals surface area (Å²) in [6.07, 6.45) is 2.29. The normalized spacial score (nSPS) is 12.4. The minimum Gasteiger partial charge on any atom is -0.324 e. The van der Waals surface area contributed by atoms with E-state index in [0.717, 1.165) is 12.3 Å².